The first kappa shape index (κ1) is 14.0. The molecule has 0 bridgehead atoms. The third-order valence-corrected chi connectivity index (χ3v) is 3.29. The van der Waals surface area contributed by atoms with Gasteiger partial charge in [-0.3, -0.25) is 9.59 Å². The summed E-state index contributed by atoms with van der Waals surface area (Å²) in [5, 5.41) is 2.81. The molecule has 0 radical (unpaired) electrons. The molecule has 1 aliphatic rings. The minimum Gasteiger partial charge on any atom is -0.469 e. The summed E-state index contributed by atoms with van der Waals surface area (Å²) in [4.78, 5) is 23.3. The summed E-state index contributed by atoms with van der Waals surface area (Å²) in [6.45, 7) is 3.79. The van der Waals surface area contributed by atoms with Gasteiger partial charge in [0.15, 0.2) is 0 Å². The summed E-state index contributed by atoms with van der Waals surface area (Å²) in [6.07, 6.45) is 2.48. The van der Waals surface area contributed by atoms with Crippen molar-refractivity contribution in [2.45, 2.75) is 39.2 Å². The van der Waals surface area contributed by atoms with E-state index < -0.39 is 5.41 Å². The van der Waals surface area contributed by atoms with Crippen LogP contribution in [0.5, 0.6) is 0 Å². The molecule has 5 heteroatoms. The van der Waals surface area contributed by atoms with Crippen molar-refractivity contribution in [2.75, 3.05) is 13.7 Å². The van der Waals surface area contributed by atoms with E-state index in [-0.39, 0.29) is 23.8 Å². The summed E-state index contributed by atoms with van der Waals surface area (Å²) in [5.74, 6) is -0.325. The van der Waals surface area contributed by atoms with Crippen molar-refractivity contribution in [3.05, 3.63) is 0 Å². The number of methoxy groups -OCH3 is 1. The quantitative estimate of drug-likeness (QED) is 0.700. The number of ether oxygens (including phenoxy) is 1. The molecular formula is C12H22N2O3. The Bertz CT molecular complexity index is 302. The van der Waals surface area contributed by atoms with Crippen molar-refractivity contribution in [1.29, 1.82) is 0 Å². The van der Waals surface area contributed by atoms with Crippen LogP contribution in [0.4, 0.5) is 0 Å². The van der Waals surface area contributed by atoms with Crippen LogP contribution in [0.1, 0.15) is 33.1 Å². The molecule has 1 saturated carbocycles. The molecule has 0 spiro atoms. The Morgan fingerprint density at radius 1 is 1.41 bits per heavy atom. The Balaban J connectivity index is 2.40. The van der Waals surface area contributed by atoms with Crippen molar-refractivity contribution in [2.24, 2.45) is 17.1 Å². The first-order valence-corrected chi connectivity index (χ1v) is 5.98. The van der Waals surface area contributed by atoms with E-state index in [0.29, 0.717) is 6.54 Å². The standard InChI is InChI=1S/C12H22N2O3/c1-12(2,11(16)17-3)7-14-10(15)8-4-5-9(13)6-8/h8-9H,4-7,13H2,1-3H3,(H,14,15). The fourth-order valence-corrected chi connectivity index (χ4v) is 2.06. The zero-order chi connectivity index (χ0) is 13.1. The third kappa shape index (κ3) is 3.70. The zero-order valence-electron chi connectivity index (χ0n) is 10.8. The van der Waals surface area contributed by atoms with Gasteiger partial charge in [-0.15, -0.1) is 0 Å². The minimum absolute atomic E-state index is 0.00144. The van der Waals surface area contributed by atoms with E-state index in [4.69, 9.17) is 5.73 Å². The predicted molar refractivity (Wildman–Crippen MR) is 64.1 cm³/mol. The number of carbonyl (C=O) groups excluding carboxylic acids is 2. The van der Waals surface area contributed by atoms with Crippen LogP contribution >= 0.6 is 0 Å². The van der Waals surface area contributed by atoms with Gasteiger partial charge in [-0.1, -0.05) is 0 Å². The smallest absolute Gasteiger partial charge is 0.313 e. The second-order valence-corrected chi connectivity index (χ2v) is 5.36. The second kappa shape index (κ2) is 5.49. The van der Waals surface area contributed by atoms with Crippen molar-refractivity contribution in [1.82, 2.24) is 5.32 Å². The summed E-state index contributed by atoms with van der Waals surface area (Å²) < 4.78 is 4.68. The summed E-state index contributed by atoms with van der Waals surface area (Å²) in [7, 11) is 1.35. The molecule has 5 nitrogen and oxygen atoms in total. The highest BCUT2D eigenvalue weighted by Crippen LogP contribution is 2.24. The lowest BCUT2D eigenvalue weighted by Gasteiger charge is -2.22. The van der Waals surface area contributed by atoms with Crippen LogP contribution in [0.3, 0.4) is 0 Å². The first-order valence-electron chi connectivity index (χ1n) is 5.98. The van der Waals surface area contributed by atoms with Gasteiger partial charge in [-0.2, -0.15) is 0 Å². The zero-order valence-corrected chi connectivity index (χ0v) is 10.8. The lowest BCUT2D eigenvalue weighted by molar-refractivity contribution is -0.150. The third-order valence-electron chi connectivity index (χ3n) is 3.29. The van der Waals surface area contributed by atoms with E-state index in [1.807, 2.05) is 0 Å². The number of carbonyl (C=O) groups is 2. The number of nitrogens with one attached hydrogen (secondary N) is 1. The summed E-state index contributed by atoms with van der Waals surface area (Å²) in [6, 6.07) is 0.138. The van der Waals surface area contributed by atoms with Crippen LogP contribution in [0, 0.1) is 11.3 Å². The molecule has 98 valence electrons. The lowest BCUT2D eigenvalue weighted by Crippen LogP contribution is -2.41. The number of esters is 1. The molecule has 1 aliphatic carbocycles. The van der Waals surface area contributed by atoms with Gasteiger partial charge in [0.1, 0.15) is 0 Å². The first-order chi connectivity index (χ1) is 7.86. The van der Waals surface area contributed by atoms with Crippen molar-refractivity contribution < 1.29 is 14.3 Å². The largest absolute Gasteiger partial charge is 0.469 e. The Hall–Kier alpha value is -1.10. The van der Waals surface area contributed by atoms with Gasteiger partial charge in [0.05, 0.1) is 12.5 Å². The van der Waals surface area contributed by atoms with E-state index in [0.717, 1.165) is 19.3 Å². The Labute approximate surface area is 102 Å². The van der Waals surface area contributed by atoms with Crippen molar-refractivity contribution in [3.63, 3.8) is 0 Å². The van der Waals surface area contributed by atoms with Crippen LogP contribution in [-0.4, -0.2) is 31.6 Å². The van der Waals surface area contributed by atoms with Crippen LogP contribution < -0.4 is 11.1 Å². The number of hydrogen-bond donors (Lipinski definition) is 2. The maximum absolute atomic E-state index is 11.8. The number of nitrogens with two attached hydrogens (primary N) is 1. The maximum Gasteiger partial charge on any atom is 0.313 e. The average molecular weight is 242 g/mol. The summed E-state index contributed by atoms with van der Waals surface area (Å²) >= 11 is 0. The normalized spacial score (nSPS) is 24.5. The molecular weight excluding hydrogens is 220 g/mol. The van der Waals surface area contributed by atoms with E-state index in [1.54, 1.807) is 13.8 Å². The number of amides is 1. The van der Waals surface area contributed by atoms with Crippen LogP contribution in [0.15, 0.2) is 0 Å². The average Bonchev–Trinajstić information content (AvgIpc) is 2.71. The number of hydrogen-bond acceptors (Lipinski definition) is 4. The molecule has 3 N–H and O–H groups in total. The highest BCUT2D eigenvalue weighted by Gasteiger charge is 2.32. The van der Waals surface area contributed by atoms with Gasteiger partial charge in [0, 0.05) is 18.5 Å². The van der Waals surface area contributed by atoms with Crippen LogP contribution in [0.2, 0.25) is 0 Å². The maximum atomic E-state index is 11.8. The Morgan fingerprint density at radius 2 is 2.06 bits per heavy atom. The molecule has 1 amide bonds. The molecule has 0 saturated heterocycles. The van der Waals surface area contributed by atoms with Gasteiger partial charge in [-0.25, -0.2) is 0 Å². The minimum atomic E-state index is -0.689. The highest BCUT2D eigenvalue weighted by molar-refractivity contribution is 5.81. The molecule has 0 aromatic rings. The SMILES string of the molecule is COC(=O)C(C)(C)CNC(=O)C1CCC(N)C1. The van der Waals surface area contributed by atoms with E-state index in [9.17, 15) is 9.59 Å². The van der Waals surface area contributed by atoms with Crippen LogP contribution in [0.25, 0.3) is 0 Å². The fraction of sp³-hybridized carbons (Fsp3) is 0.833. The number of rotatable bonds is 4. The van der Waals surface area contributed by atoms with E-state index >= 15 is 0 Å². The summed E-state index contributed by atoms with van der Waals surface area (Å²) in [5.41, 5.74) is 5.07. The van der Waals surface area contributed by atoms with Gasteiger partial charge in [0.2, 0.25) is 5.91 Å². The topological polar surface area (TPSA) is 81.4 Å². The predicted octanol–water partition coefficient (Wildman–Crippen LogP) is 0.429. The monoisotopic (exact) mass is 242 g/mol. The molecule has 17 heavy (non-hydrogen) atoms. The van der Waals surface area contributed by atoms with Gasteiger partial charge in [0.25, 0.3) is 0 Å². The molecule has 2 unspecified atom stereocenters. The van der Waals surface area contributed by atoms with Crippen LogP contribution in [-0.2, 0) is 14.3 Å². The van der Waals surface area contributed by atoms with Gasteiger partial charge >= 0.3 is 5.97 Å². The molecule has 1 fully saturated rings. The molecule has 2 atom stereocenters. The Kier molecular flexibility index (Phi) is 4.51. The van der Waals surface area contributed by atoms with Gasteiger partial charge < -0.3 is 15.8 Å². The molecule has 0 aromatic heterocycles. The van der Waals surface area contributed by atoms with E-state index in [2.05, 4.69) is 10.1 Å². The lowest BCUT2D eigenvalue weighted by atomic mass is 9.93. The second-order valence-electron chi connectivity index (χ2n) is 5.36. The molecule has 0 aromatic carbocycles. The van der Waals surface area contributed by atoms with Gasteiger partial charge in [-0.05, 0) is 33.1 Å². The van der Waals surface area contributed by atoms with Crippen molar-refractivity contribution >= 4 is 11.9 Å². The Morgan fingerprint density at radius 3 is 2.53 bits per heavy atom. The molecule has 1 rings (SSSR count). The van der Waals surface area contributed by atoms with E-state index in [1.165, 1.54) is 7.11 Å². The molecule has 0 aliphatic heterocycles. The van der Waals surface area contributed by atoms with Crippen molar-refractivity contribution in [3.8, 4) is 0 Å². The highest BCUT2D eigenvalue weighted by atomic mass is 16.5. The fourth-order valence-electron chi connectivity index (χ4n) is 2.06. The molecule has 0 heterocycles.